The summed E-state index contributed by atoms with van der Waals surface area (Å²) in [7, 11) is 0. The summed E-state index contributed by atoms with van der Waals surface area (Å²) < 4.78 is 0. The summed E-state index contributed by atoms with van der Waals surface area (Å²) in [4.78, 5) is 0. The Labute approximate surface area is 165 Å². The zero-order valence-electron chi connectivity index (χ0n) is 17.5. The van der Waals surface area contributed by atoms with Gasteiger partial charge >= 0.3 is 0 Å². The van der Waals surface area contributed by atoms with Gasteiger partial charge in [0.05, 0.1) is 12.2 Å². The quantitative estimate of drug-likeness (QED) is 0.619. The Bertz CT molecular complexity index is 678. The minimum Gasteiger partial charge on any atom is -0.393 e. The van der Waals surface area contributed by atoms with Gasteiger partial charge in [0, 0.05) is 5.41 Å². The van der Waals surface area contributed by atoms with E-state index in [1.165, 1.54) is 32.1 Å². The minimum atomic E-state index is -0.214. The fourth-order valence-corrected chi connectivity index (χ4v) is 9.19. The topological polar surface area (TPSA) is 40.5 Å². The van der Waals surface area contributed by atoms with Crippen LogP contribution in [0.5, 0.6) is 0 Å². The molecule has 0 aliphatic heterocycles. The normalized spacial score (nSPS) is 55.0. The number of hydrogen-bond donors (Lipinski definition) is 2. The van der Waals surface area contributed by atoms with Gasteiger partial charge in [-0.15, -0.1) is 0 Å². The number of fused-ring (bicyclic) bond motifs is 7. The van der Waals surface area contributed by atoms with Crippen molar-refractivity contribution in [2.24, 2.45) is 39.9 Å². The van der Waals surface area contributed by atoms with E-state index >= 15 is 0 Å². The van der Waals surface area contributed by atoms with Gasteiger partial charge in [-0.2, -0.15) is 0 Å². The van der Waals surface area contributed by atoms with Crippen molar-refractivity contribution in [2.45, 2.75) is 90.8 Å². The lowest BCUT2D eigenvalue weighted by Gasteiger charge is -2.61. The van der Waals surface area contributed by atoms with E-state index in [-0.39, 0.29) is 23.0 Å². The molecule has 0 spiro atoms. The Morgan fingerprint density at radius 2 is 1.89 bits per heavy atom. The van der Waals surface area contributed by atoms with Crippen molar-refractivity contribution in [3.63, 3.8) is 0 Å². The molecule has 3 saturated carbocycles. The average molecular weight is 371 g/mol. The van der Waals surface area contributed by atoms with Crippen LogP contribution in [-0.2, 0) is 0 Å². The lowest BCUT2D eigenvalue weighted by atomic mass is 9.44. The van der Waals surface area contributed by atoms with Crippen molar-refractivity contribution in [1.29, 1.82) is 0 Å². The molecular formula is C25H38O2. The molecule has 3 fully saturated rings. The van der Waals surface area contributed by atoms with Crippen LogP contribution < -0.4 is 0 Å². The van der Waals surface area contributed by atoms with Crippen LogP contribution in [0.2, 0.25) is 0 Å². The van der Waals surface area contributed by atoms with Gasteiger partial charge in [0.1, 0.15) is 0 Å². The van der Waals surface area contributed by atoms with Crippen LogP contribution in [0.25, 0.3) is 0 Å². The Hall–Kier alpha value is -0.600. The van der Waals surface area contributed by atoms with Crippen molar-refractivity contribution in [3.8, 4) is 0 Å². The standard InChI is InChI=1S/C25H38O2/c1-16(26)25-11-5-4-6-18(25)15-22-20-8-7-17-14-19(27)9-12-23(17,2)21(20)10-13-24(22,25)3/h4-5,7,16,18-22,26-27H,6,8-15H2,1-3H3/t16?,18-,19-,20?,21?,22?,23-,24-,25+/m1/s1. The van der Waals surface area contributed by atoms with Crippen molar-refractivity contribution in [3.05, 3.63) is 23.8 Å². The van der Waals surface area contributed by atoms with Gasteiger partial charge < -0.3 is 10.2 Å². The zero-order chi connectivity index (χ0) is 19.0. The fraction of sp³-hybridized carbons (Fsp3) is 0.840. The van der Waals surface area contributed by atoms with Gasteiger partial charge in [0.2, 0.25) is 0 Å². The maximum Gasteiger partial charge on any atom is 0.0579 e. The van der Waals surface area contributed by atoms with E-state index in [4.69, 9.17) is 0 Å². The van der Waals surface area contributed by atoms with Gasteiger partial charge in [-0.1, -0.05) is 37.6 Å². The molecule has 0 saturated heterocycles. The van der Waals surface area contributed by atoms with Crippen molar-refractivity contribution < 1.29 is 10.2 Å². The third kappa shape index (κ3) is 2.21. The Kier molecular flexibility index (Phi) is 4.06. The highest BCUT2D eigenvalue weighted by molar-refractivity contribution is 5.27. The van der Waals surface area contributed by atoms with Crippen LogP contribution >= 0.6 is 0 Å². The van der Waals surface area contributed by atoms with Crippen LogP contribution in [0.3, 0.4) is 0 Å². The molecule has 5 aliphatic rings. The second-order valence-corrected chi connectivity index (χ2v) is 11.2. The highest BCUT2D eigenvalue weighted by Gasteiger charge is 2.68. The predicted molar refractivity (Wildman–Crippen MR) is 109 cm³/mol. The zero-order valence-corrected chi connectivity index (χ0v) is 17.5. The summed E-state index contributed by atoms with van der Waals surface area (Å²) in [6.45, 7) is 7.14. The third-order valence-corrected chi connectivity index (χ3v) is 10.6. The van der Waals surface area contributed by atoms with E-state index in [1.54, 1.807) is 5.57 Å². The van der Waals surface area contributed by atoms with E-state index in [9.17, 15) is 10.2 Å². The number of allylic oxidation sites excluding steroid dienone is 3. The molecule has 0 aromatic carbocycles. The van der Waals surface area contributed by atoms with E-state index < -0.39 is 0 Å². The van der Waals surface area contributed by atoms with Gasteiger partial charge in [-0.3, -0.25) is 0 Å². The first-order chi connectivity index (χ1) is 12.8. The first-order valence-corrected chi connectivity index (χ1v) is 11.5. The van der Waals surface area contributed by atoms with Crippen molar-refractivity contribution in [2.75, 3.05) is 0 Å². The largest absolute Gasteiger partial charge is 0.393 e. The number of rotatable bonds is 1. The van der Waals surface area contributed by atoms with Crippen LogP contribution in [0, 0.1) is 39.9 Å². The molecule has 2 heteroatoms. The van der Waals surface area contributed by atoms with Gasteiger partial charge in [0.15, 0.2) is 0 Å². The average Bonchev–Trinajstić information content (AvgIpc) is 2.92. The summed E-state index contributed by atoms with van der Waals surface area (Å²) >= 11 is 0. The molecular weight excluding hydrogens is 332 g/mol. The molecule has 2 nitrogen and oxygen atoms in total. The molecule has 0 bridgehead atoms. The first kappa shape index (κ1) is 18.4. The molecule has 2 N–H and O–H groups in total. The molecule has 150 valence electrons. The van der Waals surface area contributed by atoms with Crippen molar-refractivity contribution >= 4 is 0 Å². The molecule has 27 heavy (non-hydrogen) atoms. The van der Waals surface area contributed by atoms with E-state index in [0.717, 1.165) is 43.4 Å². The number of hydrogen-bond acceptors (Lipinski definition) is 2. The molecule has 9 atom stereocenters. The lowest BCUT2D eigenvalue weighted by Crippen LogP contribution is -2.55. The number of aliphatic hydroxyl groups is 2. The molecule has 0 amide bonds. The smallest absolute Gasteiger partial charge is 0.0579 e. The van der Waals surface area contributed by atoms with Gasteiger partial charge in [-0.05, 0) is 99.2 Å². The second kappa shape index (κ2) is 5.95. The molecule has 5 aliphatic carbocycles. The fourth-order valence-electron chi connectivity index (χ4n) is 9.19. The predicted octanol–water partition coefficient (Wildman–Crippen LogP) is 5.25. The lowest BCUT2D eigenvalue weighted by molar-refractivity contribution is -0.127. The van der Waals surface area contributed by atoms with Crippen LogP contribution in [0.1, 0.15) is 78.6 Å². The van der Waals surface area contributed by atoms with Crippen LogP contribution in [-0.4, -0.2) is 22.4 Å². The highest BCUT2D eigenvalue weighted by Crippen LogP contribution is 2.73. The Morgan fingerprint density at radius 1 is 1.07 bits per heavy atom. The molecule has 0 heterocycles. The first-order valence-electron chi connectivity index (χ1n) is 11.5. The summed E-state index contributed by atoms with van der Waals surface area (Å²) in [6.07, 6.45) is 17.3. The third-order valence-electron chi connectivity index (χ3n) is 10.6. The maximum atomic E-state index is 11.0. The minimum absolute atomic E-state index is 0.0883. The SMILES string of the molecule is CC(O)[C@@]12CC=CC[C@@H]1CC1C3CC=C4C[C@H](O)CC[C@@]4(C)C3CC[C@]12C. The summed E-state index contributed by atoms with van der Waals surface area (Å²) in [5, 5.41) is 21.2. The molecule has 5 rings (SSSR count). The summed E-state index contributed by atoms with van der Waals surface area (Å²) in [6, 6.07) is 0. The second-order valence-electron chi connectivity index (χ2n) is 11.2. The van der Waals surface area contributed by atoms with Crippen molar-refractivity contribution in [1.82, 2.24) is 0 Å². The maximum absolute atomic E-state index is 11.0. The van der Waals surface area contributed by atoms with E-state index in [1.807, 2.05) is 0 Å². The molecule has 4 unspecified atom stereocenters. The molecule has 0 radical (unpaired) electrons. The Morgan fingerprint density at radius 3 is 2.67 bits per heavy atom. The number of aliphatic hydroxyl groups excluding tert-OH is 2. The van der Waals surface area contributed by atoms with Crippen LogP contribution in [0.4, 0.5) is 0 Å². The highest BCUT2D eigenvalue weighted by atomic mass is 16.3. The molecule has 0 aromatic heterocycles. The van der Waals surface area contributed by atoms with Gasteiger partial charge in [0.25, 0.3) is 0 Å². The van der Waals surface area contributed by atoms with Gasteiger partial charge in [-0.25, -0.2) is 0 Å². The monoisotopic (exact) mass is 370 g/mol. The Balaban J connectivity index is 1.54. The van der Waals surface area contributed by atoms with E-state index in [2.05, 4.69) is 39.0 Å². The van der Waals surface area contributed by atoms with Crippen LogP contribution in [0.15, 0.2) is 23.8 Å². The summed E-state index contributed by atoms with van der Waals surface area (Å²) in [5.74, 6) is 2.95. The van der Waals surface area contributed by atoms with E-state index in [0.29, 0.717) is 11.3 Å². The molecule has 0 aromatic rings. The summed E-state index contributed by atoms with van der Waals surface area (Å²) in [5.41, 5.74) is 2.24.